The molecule has 1 fully saturated rings. The van der Waals surface area contributed by atoms with Gasteiger partial charge in [-0.05, 0) is 12.5 Å². The number of rotatable bonds is 5. The zero-order chi connectivity index (χ0) is 15.5. The first-order valence-electron chi connectivity index (χ1n) is 7.75. The van der Waals surface area contributed by atoms with Crippen LogP contribution in [0, 0.1) is 6.92 Å². The number of ether oxygens (including phenoxy) is 1. The first-order chi connectivity index (χ1) is 10.6. The lowest BCUT2D eigenvalue weighted by Gasteiger charge is -2.31. The summed E-state index contributed by atoms with van der Waals surface area (Å²) in [5.41, 5.74) is 1.17. The van der Waals surface area contributed by atoms with Crippen molar-refractivity contribution < 1.29 is 9.15 Å². The van der Waals surface area contributed by atoms with E-state index in [1.165, 1.54) is 5.56 Å². The van der Waals surface area contributed by atoms with Gasteiger partial charge >= 0.3 is 0 Å². The summed E-state index contributed by atoms with van der Waals surface area (Å²) in [6.45, 7) is 10.0. The first kappa shape index (κ1) is 15.2. The fraction of sp³-hybridized carbons (Fsp3) is 0.667. The van der Waals surface area contributed by atoms with Gasteiger partial charge in [-0.15, -0.1) is 10.2 Å². The molecular formula is C15H23N5O2. The maximum Gasteiger partial charge on any atom is 0.230 e. The van der Waals surface area contributed by atoms with Crippen LogP contribution in [0.2, 0.25) is 0 Å². The van der Waals surface area contributed by atoms with E-state index in [0.717, 1.165) is 26.2 Å². The van der Waals surface area contributed by atoms with Crippen molar-refractivity contribution in [2.75, 3.05) is 19.7 Å². The Morgan fingerprint density at radius 3 is 2.91 bits per heavy atom. The molecule has 7 heteroatoms. The number of morpholine rings is 1. The Bertz CT molecular complexity index is 607. The van der Waals surface area contributed by atoms with Crippen LogP contribution < -0.4 is 0 Å². The molecule has 1 aliphatic heterocycles. The van der Waals surface area contributed by atoms with E-state index in [1.54, 1.807) is 0 Å². The number of nitrogens with zero attached hydrogens (tertiary/aromatic N) is 5. The summed E-state index contributed by atoms with van der Waals surface area (Å²) in [4.78, 5) is 2.29. The Balaban J connectivity index is 1.55. The Morgan fingerprint density at radius 2 is 2.23 bits per heavy atom. The molecule has 0 radical (unpaired) electrons. The lowest BCUT2D eigenvalue weighted by molar-refractivity contribution is -0.0423. The molecule has 2 aromatic rings. The fourth-order valence-corrected chi connectivity index (χ4v) is 2.57. The molecule has 1 aliphatic rings. The van der Waals surface area contributed by atoms with Crippen molar-refractivity contribution in [3.05, 3.63) is 29.7 Å². The Kier molecular flexibility index (Phi) is 4.54. The molecular weight excluding hydrogens is 282 g/mol. The summed E-state index contributed by atoms with van der Waals surface area (Å²) in [5, 5.41) is 12.5. The minimum Gasteiger partial charge on any atom is -0.424 e. The van der Waals surface area contributed by atoms with Crippen molar-refractivity contribution in [1.82, 2.24) is 24.9 Å². The van der Waals surface area contributed by atoms with Crippen LogP contribution in [0.3, 0.4) is 0 Å². The molecule has 0 aromatic carbocycles. The van der Waals surface area contributed by atoms with Crippen molar-refractivity contribution in [2.45, 2.75) is 45.9 Å². The van der Waals surface area contributed by atoms with Crippen LogP contribution in [-0.2, 0) is 17.8 Å². The Hall–Kier alpha value is -1.73. The highest BCUT2D eigenvalue weighted by molar-refractivity contribution is 4.99. The smallest absolute Gasteiger partial charge is 0.230 e. The average molecular weight is 305 g/mol. The van der Waals surface area contributed by atoms with Crippen molar-refractivity contribution in [3.63, 3.8) is 0 Å². The van der Waals surface area contributed by atoms with E-state index in [0.29, 0.717) is 18.3 Å². The van der Waals surface area contributed by atoms with Gasteiger partial charge in [-0.1, -0.05) is 13.8 Å². The van der Waals surface area contributed by atoms with Gasteiger partial charge in [-0.25, -0.2) is 0 Å². The van der Waals surface area contributed by atoms with Crippen molar-refractivity contribution in [2.24, 2.45) is 0 Å². The molecule has 3 rings (SSSR count). The van der Waals surface area contributed by atoms with Gasteiger partial charge < -0.3 is 9.15 Å². The van der Waals surface area contributed by atoms with Crippen LogP contribution in [0.5, 0.6) is 0 Å². The van der Waals surface area contributed by atoms with Gasteiger partial charge in [-0.3, -0.25) is 9.58 Å². The van der Waals surface area contributed by atoms with Gasteiger partial charge in [0.1, 0.15) is 0 Å². The summed E-state index contributed by atoms with van der Waals surface area (Å²) >= 11 is 0. The molecule has 120 valence electrons. The second kappa shape index (κ2) is 6.58. The molecule has 0 N–H and O–H groups in total. The quantitative estimate of drug-likeness (QED) is 0.835. The number of aromatic nitrogens is 4. The normalized spacial score (nSPS) is 19.9. The first-order valence-corrected chi connectivity index (χ1v) is 7.75. The molecule has 1 atom stereocenters. The molecule has 7 nitrogen and oxygen atoms in total. The van der Waals surface area contributed by atoms with Gasteiger partial charge in [0.25, 0.3) is 0 Å². The fourth-order valence-electron chi connectivity index (χ4n) is 2.57. The molecule has 3 heterocycles. The monoisotopic (exact) mass is 305 g/mol. The third-order valence-corrected chi connectivity index (χ3v) is 3.71. The minimum absolute atomic E-state index is 0.139. The Labute approximate surface area is 130 Å². The van der Waals surface area contributed by atoms with E-state index in [-0.39, 0.29) is 12.0 Å². The predicted molar refractivity (Wildman–Crippen MR) is 80.4 cm³/mol. The highest BCUT2D eigenvalue weighted by Crippen LogP contribution is 2.15. The maximum atomic E-state index is 5.83. The van der Waals surface area contributed by atoms with Gasteiger partial charge in [0.2, 0.25) is 11.8 Å². The second-order valence-corrected chi connectivity index (χ2v) is 6.16. The summed E-state index contributed by atoms with van der Waals surface area (Å²) in [5.74, 6) is 1.65. The molecule has 22 heavy (non-hydrogen) atoms. The maximum absolute atomic E-state index is 5.83. The SMILES string of the molecule is Cc1cnn(C[C@@H]2CN(Cc3nnc(C(C)C)o3)CCO2)c1. The third-order valence-electron chi connectivity index (χ3n) is 3.71. The van der Waals surface area contributed by atoms with E-state index in [2.05, 4.69) is 20.2 Å². The Morgan fingerprint density at radius 1 is 1.36 bits per heavy atom. The number of hydrogen-bond acceptors (Lipinski definition) is 6. The van der Waals surface area contributed by atoms with Crippen molar-refractivity contribution in [1.29, 1.82) is 0 Å². The van der Waals surface area contributed by atoms with Crippen molar-refractivity contribution >= 4 is 0 Å². The van der Waals surface area contributed by atoms with E-state index < -0.39 is 0 Å². The van der Waals surface area contributed by atoms with Crippen molar-refractivity contribution in [3.8, 4) is 0 Å². The average Bonchev–Trinajstić information content (AvgIpc) is 3.09. The van der Waals surface area contributed by atoms with Gasteiger partial charge in [-0.2, -0.15) is 5.10 Å². The van der Waals surface area contributed by atoms with Crippen LogP contribution in [0.1, 0.15) is 37.1 Å². The predicted octanol–water partition coefficient (Wildman–Crippen LogP) is 1.60. The molecule has 0 saturated carbocycles. The molecule has 0 spiro atoms. The molecule has 0 unspecified atom stereocenters. The van der Waals surface area contributed by atoms with Gasteiger partial charge in [0.15, 0.2) is 0 Å². The number of hydrogen-bond donors (Lipinski definition) is 0. The summed E-state index contributed by atoms with van der Waals surface area (Å²) < 4.78 is 13.5. The number of aryl methyl sites for hydroxylation is 1. The van der Waals surface area contributed by atoms with Crippen LogP contribution in [0.4, 0.5) is 0 Å². The lowest BCUT2D eigenvalue weighted by Crippen LogP contribution is -2.43. The summed E-state index contributed by atoms with van der Waals surface area (Å²) in [6, 6.07) is 0. The standard InChI is InChI=1S/C15H23N5O2/c1-11(2)15-18-17-14(22-15)10-19-4-5-21-13(8-19)9-20-7-12(3)6-16-20/h6-7,11,13H,4-5,8-10H2,1-3H3/t13-/m0/s1. The van der Waals surface area contributed by atoms with Gasteiger partial charge in [0.05, 0.1) is 32.0 Å². The van der Waals surface area contributed by atoms with E-state index in [4.69, 9.17) is 9.15 Å². The molecule has 0 amide bonds. The lowest BCUT2D eigenvalue weighted by atomic mass is 10.2. The molecule has 0 bridgehead atoms. The minimum atomic E-state index is 0.139. The van der Waals surface area contributed by atoms with E-state index >= 15 is 0 Å². The van der Waals surface area contributed by atoms with Crippen LogP contribution in [-0.4, -0.2) is 50.7 Å². The topological polar surface area (TPSA) is 69.2 Å². The van der Waals surface area contributed by atoms with Crippen LogP contribution in [0.15, 0.2) is 16.8 Å². The second-order valence-electron chi connectivity index (χ2n) is 6.16. The summed E-state index contributed by atoms with van der Waals surface area (Å²) in [7, 11) is 0. The van der Waals surface area contributed by atoms with Gasteiger partial charge in [0, 0.05) is 25.2 Å². The summed E-state index contributed by atoms with van der Waals surface area (Å²) in [6.07, 6.45) is 4.04. The zero-order valence-corrected chi connectivity index (χ0v) is 13.4. The third kappa shape index (κ3) is 3.72. The van der Waals surface area contributed by atoms with E-state index in [1.807, 2.05) is 37.8 Å². The molecule has 0 aliphatic carbocycles. The molecule has 1 saturated heterocycles. The largest absolute Gasteiger partial charge is 0.424 e. The highest BCUT2D eigenvalue weighted by atomic mass is 16.5. The zero-order valence-electron chi connectivity index (χ0n) is 13.4. The van der Waals surface area contributed by atoms with Crippen LogP contribution >= 0.6 is 0 Å². The van der Waals surface area contributed by atoms with Crippen LogP contribution in [0.25, 0.3) is 0 Å². The van der Waals surface area contributed by atoms with E-state index in [9.17, 15) is 0 Å². The highest BCUT2D eigenvalue weighted by Gasteiger charge is 2.23. The molecule has 2 aromatic heterocycles.